The molecule has 0 amide bonds. The average Bonchev–Trinajstić information content (AvgIpc) is 3.09. The lowest BCUT2D eigenvalue weighted by Crippen LogP contribution is -2.02. The third kappa shape index (κ3) is 3.28. The van der Waals surface area contributed by atoms with Crippen LogP contribution in [0.15, 0.2) is 59.9 Å². The van der Waals surface area contributed by atoms with E-state index < -0.39 is 0 Å². The Balaban J connectivity index is 1.57. The standard InChI is InChI=1S/C23H17N3OS2/c1-13-8-14(2)19-16(9-13)10-17-20-21(29-22(17)26-19)23(25-12-24-20)28-11-18(27)15-6-4-3-5-7-15/h3-10,12H,11H2,1-2H3. The maximum absolute atomic E-state index is 12.5. The van der Waals surface area contributed by atoms with Gasteiger partial charge in [0.05, 0.1) is 21.5 Å². The molecule has 3 aromatic heterocycles. The van der Waals surface area contributed by atoms with Gasteiger partial charge in [-0.25, -0.2) is 15.0 Å². The Morgan fingerprint density at radius 2 is 1.86 bits per heavy atom. The Morgan fingerprint density at radius 3 is 2.69 bits per heavy atom. The molecule has 5 rings (SSSR count). The number of benzene rings is 2. The zero-order chi connectivity index (χ0) is 20.0. The van der Waals surface area contributed by atoms with Gasteiger partial charge in [0.15, 0.2) is 5.78 Å². The molecule has 5 aromatic rings. The van der Waals surface area contributed by atoms with E-state index in [1.807, 2.05) is 30.3 Å². The molecule has 29 heavy (non-hydrogen) atoms. The fourth-order valence-electron chi connectivity index (χ4n) is 3.56. The summed E-state index contributed by atoms with van der Waals surface area (Å²) in [4.78, 5) is 27.3. The summed E-state index contributed by atoms with van der Waals surface area (Å²) in [5.41, 5.74) is 5.05. The predicted octanol–water partition coefficient (Wildman–Crippen LogP) is 5.98. The Hall–Kier alpha value is -2.83. The van der Waals surface area contributed by atoms with Gasteiger partial charge in [0.2, 0.25) is 0 Å². The summed E-state index contributed by atoms with van der Waals surface area (Å²) < 4.78 is 0.991. The number of aryl methyl sites for hydroxylation is 2. The van der Waals surface area contributed by atoms with Crippen LogP contribution >= 0.6 is 23.1 Å². The number of rotatable bonds is 4. The summed E-state index contributed by atoms with van der Waals surface area (Å²) in [7, 11) is 0. The molecule has 0 saturated carbocycles. The first-order valence-electron chi connectivity index (χ1n) is 9.26. The van der Waals surface area contributed by atoms with Gasteiger partial charge in [-0.2, -0.15) is 0 Å². The normalized spacial score (nSPS) is 11.5. The molecule has 0 aliphatic heterocycles. The number of hydrogen-bond donors (Lipinski definition) is 0. The molecule has 2 aromatic carbocycles. The predicted molar refractivity (Wildman–Crippen MR) is 121 cm³/mol. The second kappa shape index (κ2) is 7.21. The summed E-state index contributed by atoms with van der Waals surface area (Å²) >= 11 is 3.06. The molecule has 0 N–H and O–H groups in total. The van der Waals surface area contributed by atoms with Gasteiger partial charge in [-0.15, -0.1) is 11.3 Å². The number of aromatic nitrogens is 3. The van der Waals surface area contributed by atoms with Crippen molar-refractivity contribution in [3.05, 3.63) is 71.5 Å². The smallest absolute Gasteiger partial charge is 0.173 e. The van der Waals surface area contributed by atoms with Crippen molar-refractivity contribution in [1.29, 1.82) is 0 Å². The van der Waals surface area contributed by atoms with Crippen LogP contribution in [0.4, 0.5) is 0 Å². The second-order valence-corrected chi connectivity index (χ2v) is 8.99. The summed E-state index contributed by atoms with van der Waals surface area (Å²) in [5, 5.41) is 3.00. The molecule has 0 atom stereocenters. The fraction of sp³-hybridized carbons (Fsp3) is 0.130. The lowest BCUT2D eigenvalue weighted by Gasteiger charge is -2.03. The number of ketones is 1. The number of carbonyl (C=O) groups excluding carboxylic acids is 1. The molecular weight excluding hydrogens is 398 g/mol. The Kier molecular flexibility index (Phi) is 4.53. The fourth-order valence-corrected chi connectivity index (χ4v) is 5.65. The Morgan fingerprint density at radius 1 is 1.03 bits per heavy atom. The number of Topliss-reactive ketones (excluding diaryl/α,β-unsaturated/α-hetero) is 1. The van der Waals surface area contributed by atoms with E-state index in [0.29, 0.717) is 5.75 Å². The second-order valence-electron chi connectivity index (χ2n) is 7.03. The first kappa shape index (κ1) is 18.2. The van der Waals surface area contributed by atoms with Crippen LogP contribution in [0.3, 0.4) is 0 Å². The number of carbonyl (C=O) groups is 1. The number of nitrogens with zero attached hydrogens (tertiary/aromatic N) is 3. The highest BCUT2D eigenvalue weighted by atomic mass is 32.2. The van der Waals surface area contributed by atoms with Crippen LogP contribution in [0.5, 0.6) is 0 Å². The summed E-state index contributed by atoms with van der Waals surface area (Å²) in [5.74, 6) is 0.441. The van der Waals surface area contributed by atoms with Crippen LogP contribution in [0.2, 0.25) is 0 Å². The largest absolute Gasteiger partial charge is 0.293 e. The Labute approximate surface area is 176 Å². The minimum atomic E-state index is 0.0958. The van der Waals surface area contributed by atoms with E-state index in [4.69, 9.17) is 4.98 Å². The van der Waals surface area contributed by atoms with Gasteiger partial charge >= 0.3 is 0 Å². The molecule has 4 nitrogen and oxygen atoms in total. The summed E-state index contributed by atoms with van der Waals surface area (Å²) in [6.45, 7) is 4.20. The van der Waals surface area contributed by atoms with Crippen LogP contribution < -0.4 is 0 Å². The van der Waals surface area contributed by atoms with Crippen molar-refractivity contribution in [2.24, 2.45) is 0 Å². The topological polar surface area (TPSA) is 55.7 Å². The third-order valence-electron chi connectivity index (χ3n) is 4.88. The molecule has 0 aliphatic rings. The van der Waals surface area contributed by atoms with Crippen LogP contribution in [0.25, 0.3) is 31.3 Å². The van der Waals surface area contributed by atoms with Crippen molar-refractivity contribution in [1.82, 2.24) is 15.0 Å². The number of thioether (sulfide) groups is 1. The van der Waals surface area contributed by atoms with E-state index in [9.17, 15) is 4.79 Å². The Bertz CT molecular complexity index is 1390. The van der Waals surface area contributed by atoms with Crippen molar-refractivity contribution >= 4 is 60.2 Å². The molecule has 142 valence electrons. The van der Waals surface area contributed by atoms with Crippen molar-refractivity contribution in [2.45, 2.75) is 18.9 Å². The summed E-state index contributed by atoms with van der Waals surface area (Å²) in [6, 6.07) is 15.9. The zero-order valence-electron chi connectivity index (χ0n) is 16.0. The van der Waals surface area contributed by atoms with Gasteiger partial charge in [0, 0.05) is 16.3 Å². The van der Waals surface area contributed by atoms with E-state index >= 15 is 0 Å². The molecule has 6 heteroatoms. The molecule has 0 aliphatic carbocycles. The average molecular weight is 416 g/mol. The van der Waals surface area contributed by atoms with Crippen molar-refractivity contribution in [3.63, 3.8) is 0 Å². The van der Waals surface area contributed by atoms with E-state index in [-0.39, 0.29) is 5.78 Å². The number of hydrogen-bond acceptors (Lipinski definition) is 6. The first-order chi connectivity index (χ1) is 14.1. The maximum atomic E-state index is 12.5. The maximum Gasteiger partial charge on any atom is 0.173 e. The highest BCUT2D eigenvalue weighted by Gasteiger charge is 2.16. The van der Waals surface area contributed by atoms with E-state index in [2.05, 4.69) is 42.0 Å². The highest BCUT2D eigenvalue weighted by molar-refractivity contribution is 8.00. The van der Waals surface area contributed by atoms with Crippen molar-refractivity contribution < 1.29 is 4.79 Å². The minimum absolute atomic E-state index is 0.0958. The number of pyridine rings is 1. The molecule has 0 radical (unpaired) electrons. The lowest BCUT2D eigenvalue weighted by molar-refractivity contribution is 0.102. The third-order valence-corrected chi connectivity index (χ3v) is 7.09. The minimum Gasteiger partial charge on any atom is -0.293 e. The van der Waals surface area contributed by atoms with E-state index in [0.717, 1.165) is 41.9 Å². The van der Waals surface area contributed by atoms with Gasteiger partial charge in [-0.1, -0.05) is 53.7 Å². The lowest BCUT2D eigenvalue weighted by atomic mass is 10.1. The number of thiophene rings is 1. The molecule has 3 heterocycles. The van der Waals surface area contributed by atoms with E-state index in [1.54, 1.807) is 17.7 Å². The van der Waals surface area contributed by atoms with Crippen LogP contribution in [-0.4, -0.2) is 26.5 Å². The van der Waals surface area contributed by atoms with Gasteiger partial charge in [-0.3, -0.25) is 4.79 Å². The van der Waals surface area contributed by atoms with Gasteiger partial charge in [0.25, 0.3) is 0 Å². The van der Waals surface area contributed by atoms with Gasteiger partial charge in [-0.05, 0) is 31.5 Å². The molecule has 0 bridgehead atoms. The molecule has 0 spiro atoms. The highest BCUT2D eigenvalue weighted by Crippen LogP contribution is 2.38. The quantitative estimate of drug-likeness (QED) is 0.205. The van der Waals surface area contributed by atoms with Gasteiger partial charge < -0.3 is 0 Å². The van der Waals surface area contributed by atoms with Crippen molar-refractivity contribution in [2.75, 3.05) is 5.75 Å². The van der Waals surface area contributed by atoms with Crippen LogP contribution in [0.1, 0.15) is 21.5 Å². The first-order valence-corrected chi connectivity index (χ1v) is 11.1. The van der Waals surface area contributed by atoms with Crippen LogP contribution in [0, 0.1) is 13.8 Å². The van der Waals surface area contributed by atoms with Gasteiger partial charge in [0.1, 0.15) is 16.2 Å². The summed E-state index contributed by atoms with van der Waals surface area (Å²) in [6.07, 6.45) is 1.58. The zero-order valence-corrected chi connectivity index (χ0v) is 17.6. The van der Waals surface area contributed by atoms with Crippen molar-refractivity contribution in [3.8, 4) is 0 Å². The monoisotopic (exact) mass is 415 g/mol. The number of fused-ring (bicyclic) bond motifs is 4. The molecule has 0 unspecified atom stereocenters. The SMILES string of the molecule is Cc1cc(C)c2nc3sc4c(SCC(=O)c5ccccc5)ncnc4c3cc2c1. The molecule has 0 saturated heterocycles. The van der Waals surface area contributed by atoms with E-state index in [1.165, 1.54) is 22.9 Å². The molecular formula is C23H17N3OS2. The van der Waals surface area contributed by atoms with Crippen LogP contribution in [-0.2, 0) is 0 Å². The molecule has 0 fully saturated rings.